The van der Waals surface area contributed by atoms with Crippen molar-refractivity contribution < 1.29 is 4.79 Å². The van der Waals surface area contributed by atoms with E-state index < -0.39 is 0 Å². The van der Waals surface area contributed by atoms with Gasteiger partial charge in [-0.2, -0.15) is 0 Å². The van der Waals surface area contributed by atoms with Crippen molar-refractivity contribution in [3.8, 4) is 0 Å². The number of amides is 1. The number of carbonyl (C=O) groups is 1. The lowest BCUT2D eigenvalue weighted by atomic mass is 10.1. The van der Waals surface area contributed by atoms with Gasteiger partial charge in [0.2, 0.25) is 5.91 Å². The molecule has 1 N–H and O–H groups in total. The van der Waals surface area contributed by atoms with Crippen LogP contribution in [0.3, 0.4) is 0 Å². The third-order valence-corrected chi connectivity index (χ3v) is 3.33. The second-order valence-corrected chi connectivity index (χ2v) is 4.49. The smallest absolute Gasteiger partial charge is 0.239 e. The predicted octanol–water partition coefficient (Wildman–Crippen LogP) is -0.489. The van der Waals surface area contributed by atoms with E-state index in [2.05, 4.69) is 24.3 Å². The van der Waals surface area contributed by atoms with Gasteiger partial charge in [0.25, 0.3) is 0 Å². The standard InChI is InChI=1S/C10H19N3O/c1-12(2)8-4-6-13(7-8)10(14)9-3-5-11-9/h8-9,11H,3-7H2,1-2H3. The number of hydrogen-bond donors (Lipinski definition) is 1. The summed E-state index contributed by atoms with van der Waals surface area (Å²) < 4.78 is 0. The second-order valence-electron chi connectivity index (χ2n) is 4.49. The molecular weight excluding hydrogens is 178 g/mol. The molecule has 0 bridgehead atoms. The lowest BCUT2D eigenvalue weighted by Gasteiger charge is -2.30. The van der Waals surface area contributed by atoms with Gasteiger partial charge in [-0.05, 0) is 33.5 Å². The number of nitrogens with one attached hydrogen (secondary N) is 1. The highest BCUT2D eigenvalue weighted by atomic mass is 16.2. The van der Waals surface area contributed by atoms with Crippen molar-refractivity contribution >= 4 is 5.91 Å². The average molecular weight is 197 g/mol. The van der Waals surface area contributed by atoms with Crippen molar-refractivity contribution in [3.63, 3.8) is 0 Å². The lowest BCUT2D eigenvalue weighted by molar-refractivity contribution is -0.134. The molecule has 0 aliphatic carbocycles. The Morgan fingerprint density at radius 1 is 1.43 bits per heavy atom. The van der Waals surface area contributed by atoms with Gasteiger partial charge in [0.15, 0.2) is 0 Å². The van der Waals surface area contributed by atoms with Crippen LogP contribution in [0.2, 0.25) is 0 Å². The summed E-state index contributed by atoms with van der Waals surface area (Å²) in [4.78, 5) is 16.1. The van der Waals surface area contributed by atoms with Crippen molar-refractivity contribution in [3.05, 3.63) is 0 Å². The summed E-state index contributed by atoms with van der Waals surface area (Å²) in [5, 5.41) is 3.16. The molecule has 2 heterocycles. The van der Waals surface area contributed by atoms with E-state index >= 15 is 0 Å². The number of likely N-dealkylation sites (tertiary alicyclic amines) is 1. The Hall–Kier alpha value is -0.610. The van der Waals surface area contributed by atoms with Gasteiger partial charge in [0.1, 0.15) is 0 Å². The molecule has 0 saturated carbocycles. The molecule has 0 radical (unpaired) electrons. The first-order valence-corrected chi connectivity index (χ1v) is 5.37. The topological polar surface area (TPSA) is 35.6 Å². The minimum absolute atomic E-state index is 0.121. The molecule has 0 aromatic rings. The van der Waals surface area contributed by atoms with Crippen LogP contribution in [0, 0.1) is 0 Å². The first kappa shape index (κ1) is 9.93. The summed E-state index contributed by atoms with van der Waals surface area (Å²) >= 11 is 0. The summed E-state index contributed by atoms with van der Waals surface area (Å²) in [6.45, 7) is 2.84. The summed E-state index contributed by atoms with van der Waals surface area (Å²) in [5.74, 6) is 0.306. The fraction of sp³-hybridized carbons (Fsp3) is 0.900. The van der Waals surface area contributed by atoms with Gasteiger partial charge < -0.3 is 15.1 Å². The number of hydrogen-bond acceptors (Lipinski definition) is 3. The van der Waals surface area contributed by atoms with E-state index in [0.29, 0.717) is 11.9 Å². The van der Waals surface area contributed by atoms with Crippen LogP contribution in [0.1, 0.15) is 12.8 Å². The highest BCUT2D eigenvalue weighted by Crippen LogP contribution is 2.16. The molecule has 1 amide bonds. The Kier molecular flexibility index (Phi) is 2.74. The van der Waals surface area contributed by atoms with Crippen molar-refractivity contribution in [1.29, 1.82) is 0 Å². The third-order valence-electron chi connectivity index (χ3n) is 3.33. The Morgan fingerprint density at radius 2 is 2.14 bits per heavy atom. The van der Waals surface area contributed by atoms with Crippen molar-refractivity contribution in [1.82, 2.24) is 15.1 Å². The zero-order chi connectivity index (χ0) is 10.1. The minimum atomic E-state index is 0.121. The van der Waals surface area contributed by atoms with E-state index in [4.69, 9.17) is 0 Å². The number of nitrogens with zero attached hydrogens (tertiary/aromatic N) is 2. The molecule has 2 rings (SSSR count). The summed E-state index contributed by atoms with van der Waals surface area (Å²) in [6.07, 6.45) is 2.13. The van der Waals surface area contributed by atoms with E-state index in [1.807, 2.05) is 4.90 Å². The molecular formula is C10H19N3O. The summed E-state index contributed by atoms with van der Waals surface area (Å²) in [5.41, 5.74) is 0. The first-order chi connectivity index (χ1) is 6.68. The fourth-order valence-corrected chi connectivity index (χ4v) is 2.08. The molecule has 4 nitrogen and oxygen atoms in total. The maximum absolute atomic E-state index is 11.8. The SMILES string of the molecule is CN(C)C1CCN(C(=O)C2CCN2)C1. The summed E-state index contributed by atoms with van der Waals surface area (Å²) in [6, 6.07) is 0.676. The molecule has 2 fully saturated rings. The van der Waals surface area contributed by atoms with Crippen LogP contribution in [0.5, 0.6) is 0 Å². The third kappa shape index (κ3) is 1.77. The maximum Gasteiger partial charge on any atom is 0.239 e. The van der Waals surface area contributed by atoms with Gasteiger partial charge in [-0.25, -0.2) is 0 Å². The van der Waals surface area contributed by atoms with Crippen LogP contribution >= 0.6 is 0 Å². The van der Waals surface area contributed by atoms with Crippen LogP contribution < -0.4 is 5.32 Å². The quantitative estimate of drug-likeness (QED) is 0.649. The predicted molar refractivity (Wildman–Crippen MR) is 55.1 cm³/mol. The van der Waals surface area contributed by atoms with Crippen LogP contribution in [-0.2, 0) is 4.79 Å². The molecule has 2 aliphatic rings. The summed E-state index contributed by atoms with van der Waals surface area (Å²) in [7, 11) is 4.17. The zero-order valence-electron chi connectivity index (χ0n) is 8.99. The van der Waals surface area contributed by atoms with Crippen LogP contribution in [0.15, 0.2) is 0 Å². The molecule has 2 aliphatic heterocycles. The molecule has 14 heavy (non-hydrogen) atoms. The molecule has 0 aromatic heterocycles. The van der Waals surface area contributed by atoms with Crippen molar-refractivity contribution in [2.75, 3.05) is 33.7 Å². The van der Waals surface area contributed by atoms with Crippen molar-refractivity contribution in [2.45, 2.75) is 24.9 Å². The van der Waals surface area contributed by atoms with E-state index in [9.17, 15) is 4.79 Å². The van der Waals surface area contributed by atoms with E-state index in [-0.39, 0.29) is 6.04 Å². The second kappa shape index (κ2) is 3.87. The molecule has 4 heteroatoms. The van der Waals surface area contributed by atoms with Gasteiger partial charge in [-0.15, -0.1) is 0 Å². The molecule has 2 unspecified atom stereocenters. The maximum atomic E-state index is 11.8. The molecule has 0 spiro atoms. The largest absolute Gasteiger partial charge is 0.340 e. The monoisotopic (exact) mass is 197 g/mol. The Balaban J connectivity index is 1.85. The van der Waals surface area contributed by atoms with E-state index in [0.717, 1.165) is 32.5 Å². The lowest BCUT2D eigenvalue weighted by Crippen LogP contribution is -2.54. The van der Waals surface area contributed by atoms with Crippen LogP contribution in [0.4, 0.5) is 0 Å². The Labute approximate surface area is 85.2 Å². The van der Waals surface area contributed by atoms with E-state index in [1.54, 1.807) is 0 Å². The minimum Gasteiger partial charge on any atom is -0.340 e. The number of carbonyl (C=O) groups excluding carboxylic acids is 1. The Bertz CT molecular complexity index is 225. The normalized spacial score (nSPS) is 32.1. The fourth-order valence-electron chi connectivity index (χ4n) is 2.08. The van der Waals surface area contributed by atoms with Gasteiger partial charge in [0.05, 0.1) is 6.04 Å². The van der Waals surface area contributed by atoms with Gasteiger partial charge in [-0.3, -0.25) is 4.79 Å². The number of likely N-dealkylation sites (N-methyl/N-ethyl adjacent to an activating group) is 1. The molecule has 80 valence electrons. The highest BCUT2D eigenvalue weighted by Gasteiger charge is 2.33. The number of rotatable bonds is 2. The van der Waals surface area contributed by atoms with Crippen LogP contribution in [-0.4, -0.2) is 61.5 Å². The van der Waals surface area contributed by atoms with Gasteiger partial charge in [0, 0.05) is 19.1 Å². The molecule has 2 saturated heterocycles. The zero-order valence-corrected chi connectivity index (χ0v) is 8.99. The molecule has 0 aromatic carbocycles. The van der Waals surface area contributed by atoms with E-state index in [1.165, 1.54) is 0 Å². The first-order valence-electron chi connectivity index (χ1n) is 5.37. The van der Waals surface area contributed by atoms with Gasteiger partial charge in [-0.1, -0.05) is 0 Å². The van der Waals surface area contributed by atoms with Crippen molar-refractivity contribution in [2.24, 2.45) is 0 Å². The Morgan fingerprint density at radius 3 is 2.57 bits per heavy atom. The molecule has 2 atom stereocenters. The average Bonchev–Trinajstić information content (AvgIpc) is 2.48. The van der Waals surface area contributed by atoms with Crippen LogP contribution in [0.25, 0.3) is 0 Å². The highest BCUT2D eigenvalue weighted by molar-refractivity contribution is 5.83. The van der Waals surface area contributed by atoms with Gasteiger partial charge >= 0.3 is 0 Å².